The summed E-state index contributed by atoms with van der Waals surface area (Å²) in [5.41, 5.74) is 0.811. The first kappa shape index (κ1) is 18.2. The van der Waals surface area contributed by atoms with Gasteiger partial charge in [-0.3, -0.25) is 14.9 Å². The predicted molar refractivity (Wildman–Crippen MR) is 91.6 cm³/mol. The number of nitrogens with one attached hydrogen (secondary N) is 1. The van der Waals surface area contributed by atoms with Crippen molar-refractivity contribution in [3.63, 3.8) is 0 Å². The molecule has 0 aromatic heterocycles. The fourth-order valence-corrected chi connectivity index (χ4v) is 2.12. The van der Waals surface area contributed by atoms with Crippen molar-refractivity contribution in [2.45, 2.75) is 6.54 Å². The van der Waals surface area contributed by atoms with Gasteiger partial charge in [0.1, 0.15) is 10.8 Å². The molecule has 0 fully saturated rings. The Bertz CT molecular complexity index is 833. The second kappa shape index (κ2) is 8.07. The minimum atomic E-state index is -0.633. The summed E-state index contributed by atoms with van der Waals surface area (Å²) in [7, 11) is 0. The Hall–Kier alpha value is -3.19. The van der Waals surface area contributed by atoms with Crippen LogP contribution in [0, 0.1) is 10.1 Å². The van der Waals surface area contributed by atoms with Crippen LogP contribution in [0.25, 0.3) is 0 Å². The molecule has 0 aliphatic carbocycles. The number of hydrogen-bond acceptors (Lipinski definition) is 5. The van der Waals surface area contributed by atoms with E-state index in [0.29, 0.717) is 6.54 Å². The molecule has 0 unspecified atom stereocenters. The molecule has 25 heavy (non-hydrogen) atoms. The summed E-state index contributed by atoms with van der Waals surface area (Å²) in [5.74, 6) is -0.826. The lowest BCUT2D eigenvalue weighted by atomic mass is 10.1. The monoisotopic (exact) mass is 360 g/mol. The minimum Gasteiger partial charge on any atom is -0.423 e. The summed E-state index contributed by atoms with van der Waals surface area (Å²) < 4.78 is 5.14. The number of halogens is 1. The van der Waals surface area contributed by atoms with Crippen LogP contribution < -0.4 is 10.1 Å². The first-order valence-electron chi connectivity index (χ1n) is 7.06. The highest BCUT2D eigenvalue weighted by Crippen LogP contribution is 2.28. The molecule has 0 heterocycles. The predicted octanol–water partition coefficient (Wildman–Crippen LogP) is 3.27. The summed E-state index contributed by atoms with van der Waals surface area (Å²) >= 11 is 5.77. The summed E-state index contributed by atoms with van der Waals surface area (Å²) in [4.78, 5) is 33.3. The molecular weight excluding hydrogens is 348 g/mol. The molecular formula is C17H13ClN2O5. The van der Waals surface area contributed by atoms with E-state index in [9.17, 15) is 19.7 Å². The zero-order valence-corrected chi connectivity index (χ0v) is 13.7. The van der Waals surface area contributed by atoms with Crippen LogP contribution in [0.2, 0.25) is 5.02 Å². The third-order valence-electron chi connectivity index (χ3n) is 3.17. The van der Waals surface area contributed by atoms with Gasteiger partial charge in [-0.1, -0.05) is 30.3 Å². The molecule has 2 rings (SSSR count). The SMILES string of the molecule is C=CC(=O)NCc1ccc(C(=O)Oc2ccc([N+](=O)[O-])c(Cl)c2)cc1. The van der Waals surface area contributed by atoms with Crippen LogP contribution >= 0.6 is 11.6 Å². The largest absolute Gasteiger partial charge is 0.423 e. The van der Waals surface area contributed by atoms with Crippen LogP contribution in [0.4, 0.5) is 5.69 Å². The van der Waals surface area contributed by atoms with Crippen molar-refractivity contribution in [2.75, 3.05) is 0 Å². The van der Waals surface area contributed by atoms with E-state index in [1.165, 1.54) is 18.2 Å². The molecule has 2 aromatic rings. The number of nitro groups is 1. The highest BCUT2D eigenvalue weighted by Gasteiger charge is 2.15. The Morgan fingerprint density at radius 1 is 1.24 bits per heavy atom. The summed E-state index contributed by atoms with van der Waals surface area (Å²) in [5, 5.41) is 13.2. The molecule has 0 spiro atoms. The van der Waals surface area contributed by atoms with Crippen molar-refractivity contribution in [3.8, 4) is 5.75 Å². The van der Waals surface area contributed by atoms with Crippen LogP contribution in [0.5, 0.6) is 5.75 Å². The smallest absolute Gasteiger partial charge is 0.343 e. The number of nitrogens with zero attached hydrogens (tertiary/aromatic N) is 1. The number of amides is 1. The summed E-state index contributed by atoms with van der Waals surface area (Å²) in [6.07, 6.45) is 1.17. The van der Waals surface area contributed by atoms with Gasteiger partial charge < -0.3 is 10.1 Å². The van der Waals surface area contributed by atoms with Crippen LogP contribution in [0.1, 0.15) is 15.9 Å². The molecule has 128 valence electrons. The van der Waals surface area contributed by atoms with Crippen LogP contribution in [0.15, 0.2) is 55.1 Å². The summed E-state index contributed by atoms with van der Waals surface area (Å²) in [6, 6.07) is 10.1. The number of esters is 1. The van der Waals surface area contributed by atoms with Gasteiger partial charge in [-0.25, -0.2) is 4.79 Å². The van der Waals surface area contributed by atoms with E-state index in [1.807, 2.05) is 0 Å². The van der Waals surface area contributed by atoms with Crippen molar-refractivity contribution < 1.29 is 19.2 Å². The molecule has 7 nitrogen and oxygen atoms in total. The molecule has 0 aliphatic heterocycles. The standard InChI is InChI=1S/C17H13ClN2O5/c1-2-16(21)19-10-11-3-5-12(6-4-11)17(22)25-13-7-8-15(20(23)24)14(18)9-13/h2-9H,1,10H2,(H,19,21). The highest BCUT2D eigenvalue weighted by molar-refractivity contribution is 6.32. The lowest BCUT2D eigenvalue weighted by Gasteiger charge is -2.06. The average molecular weight is 361 g/mol. The van der Waals surface area contributed by atoms with E-state index >= 15 is 0 Å². The number of benzene rings is 2. The van der Waals surface area contributed by atoms with E-state index in [0.717, 1.165) is 11.6 Å². The first-order valence-corrected chi connectivity index (χ1v) is 7.44. The zero-order valence-electron chi connectivity index (χ0n) is 12.9. The molecule has 0 radical (unpaired) electrons. The Morgan fingerprint density at radius 3 is 2.48 bits per heavy atom. The molecule has 0 saturated heterocycles. The van der Waals surface area contributed by atoms with Crippen LogP contribution in [0.3, 0.4) is 0 Å². The maximum Gasteiger partial charge on any atom is 0.343 e. The second-order valence-electron chi connectivity index (χ2n) is 4.88. The van der Waals surface area contributed by atoms with Gasteiger partial charge in [0, 0.05) is 18.7 Å². The second-order valence-corrected chi connectivity index (χ2v) is 5.29. The van der Waals surface area contributed by atoms with Gasteiger partial charge in [0.25, 0.3) is 5.69 Å². The van der Waals surface area contributed by atoms with E-state index < -0.39 is 10.9 Å². The van der Waals surface area contributed by atoms with Crippen molar-refractivity contribution >= 4 is 29.2 Å². The van der Waals surface area contributed by atoms with Crippen molar-refractivity contribution in [1.29, 1.82) is 0 Å². The Labute approximate surface area is 148 Å². The molecule has 0 atom stereocenters. The lowest BCUT2D eigenvalue weighted by molar-refractivity contribution is -0.384. The van der Waals surface area contributed by atoms with Gasteiger partial charge >= 0.3 is 5.97 Å². The molecule has 1 amide bonds. The molecule has 1 N–H and O–H groups in total. The van der Waals surface area contributed by atoms with E-state index in [-0.39, 0.29) is 27.9 Å². The van der Waals surface area contributed by atoms with Crippen LogP contribution in [-0.2, 0) is 11.3 Å². The van der Waals surface area contributed by atoms with Crippen molar-refractivity contribution in [2.24, 2.45) is 0 Å². The Morgan fingerprint density at radius 2 is 1.92 bits per heavy atom. The van der Waals surface area contributed by atoms with Crippen LogP contribution in [-0.4, -0.2) is 16.8 Å². The average Bonchev–Trinajstić information content (AvgIpc) is 2.59. The van der Waals surface area contributed by atoms with Gasteiger partial charge in [-0.2, -0.15) is 0 Å². The Balaban J connectivity index is 2.03. The van der Waals surface area contributed by atoms with Gasteiger partial charge in [0.15, 0.2) is 0 Å². The number of carbonyl (C=O) groups is 2. The normalized spacial score (nSPS) is 9.96. The fraction of sp³-hybridized carbons (Fsp3) is 0.0588. The van der Waals surface area contributed by atoms with Gasteiger partial charge in [0.05, 0.1) is 10.5 Å². The fourth-order valence-electron chi connectivity index (χ4n) is 1.89. The number of carbonyl (C=O) groups excluding carboxylic acids is 2. The third kappa shape index (κ3) is 4.89. The van der Waals surface area contributed by atoms with Crippen molar-refractivity contribution in [1.82, 2.24) is 5.32 Å². The quantitative estimate of drug-likeness (QED) is 0.280. The third-order valence-corrected chi connectivity index (χ3v) is 3.47. The van der Waals surface area contributed by atoms with Gasteiger partial charge in [-0.05, 0) is 29.8 Å². The maximum absolute atomic E-state index is 12.1. The number of ether oxygens (including phenoxy) is 1. The number of nitro benzene ring substituents is 1. The van der Waals surface area contributed by atoms with Gasteiger partial charge in [0.2, 0.25) is 5.91 Å². The Kier molecular flexibility index (Phi) is 5.86. The minimum absolute atomic E-state index is 0.0999. The van der Waals surface area contributed by atoms with E-state index in [4.69, 9.17) is 16.3 Å². The van der Waals surface area contributed by atoms with E-state index in [1.54, 1.807) is 24.3 Å². The van der Waals surface area contributed by atoms with Gasteiger partial charge in [-0.15, -0.1) is 0 Å². The molecule has 2 aromatic carbocycles. The summed E-state index contributed by atoms with van der Waals surface area (Å²) in [6.45, 7) is 3.66. The molecule has 0 bridgehead atoms. The number of hydrogen-bond donors (Lipinski definition) is 1. The van der Waals surface area contributed by atoms with E-state index in [2.05, 4.69) is 11.9 Å². The topological polar surface area (TPSA) is 98.5 Å². The highest BCUT2D eigenvalue weighted by atomic mass is 35.5. The molecule has 0 aliphatic rings. The molecule has 8 heteroatoms. The maximum atomic E-state index is 12.1. The zero-order chi connectivity index (χ0) is 18.4. The van der Waals surface area contributed by atoms with Crippen molar-refractivity contribution in [3.05, 3.63) is 81.4 Å². The lowest BCUT2D eigenvalue weighted by Crippen LogP contribution is -2.20. The first-order chi connectivity index (χ1) is 11.9. The molecule has 0 saturated carbocycles. The number of rotatable bonds is 6.